The lowest BCUT2D eigenvalue weighted by Crippen LogP contribution is -2.29. The Morgan fingerprint density at radius 3 is 2.80 bits per heavy atom. The van der Waals surface area contributed by atoms with Crippen LogP contribution in [0.5, 0.6) is 0 Å². The van der Waals surface area contributed by atoms with Crippen LogP contribution < -0.4 is 0 Å². The zero-order valence-corrected chi connectivity index (χ0v) is 9.52. The number of hydrogen-bond donors (Lipinski definition) is 0. The SMILES string of the molecule is CC1CCC2(C=CC3C4C=CC(C4)C32)C1. The van der Waals surface area contributed by atoms with Gasteiger partial charge in [0.1, 0.15) is 0 Å². The van der Waals surface area contributed by atoms with Crippen molar-refractivity contribution in [3.63, 3.8) is 0 Å². The van der Waals surface area contributed by atoms with Gasteiger partial charge in [-0.05, 0) is 60.7 Å². The van der Waals surface area contributed by atoms with Crippen molar-refractivity contribution in [3.05, 3.63) is 24.3 Å². The Morgan fingerprint density at radius 1 is 1.13 bits per heavy atom. The van der Waals surface area contributed by atoms with E-state index in [4.69, 9.17) is 0 Å². The topological polar surface area (TPSA) is 0 Å². The molecule has 4 rings (SSSR count). The maximum absolute atomic E-state index is 2.62. The first-order valence-corrected chi connectivity index (χ1v) is 6.66. The molecule has 80 valence electrons. The van der Waals surface area contributed by atoms with Gasteiger partial charge in [0.05, 0.1) is 0 Å². The molecule has 0 aromatic carbocycles. The summed E-state index contributed by atoms with van der Waals surface area (Å²) in [7, 11) is 0. The average molecular weight is 200 g/mol. The van der Waals surface area contributed by atoms with Crippen molar-refractivity contribution < 1.29 is 0 Å². The number of allylic oxidation sites excluding steroid dienone is 4. The normalized spacial score (nSPS) is 59.7. The molecule has 0 heterocycles. The van der Waals surface area contributed by atoms with E-state index in [9.17, 15) is 0 Å². The highest BCUT2D eigenvalue weighted by molar-refractivity contribution is 5.28. The summed E-state index contributed by atoms with van der Waals surface area (Å²) in [5, 5.41) is 0. The van der Waals surface area contributed by atoms with Gasteiger partial charge in [0.15, 0.2) is 0 Å². The van der Waals surface area contributed by atoms with Gasteiger partial charge in [0, 0.05) is 0 Å². The van der Waals surface area contributed by atoms with Crippen molar-refractivity contribution in [1.82, 2.24) is 0 Å². The minimum atomic E-state index is 0.633. The Morgan fingerprint density at radius 2 is 2.00 bits per heavy atom. The second kappa shape index (κ2) is 2.59. The Kier molecular flexibility index (Phi) is 1.49. The van der Waals surface area contributed by atoms with Gasteiger partial charge in [-0.3, -0.25) is 0 Å². The number of fused-ring (bicyclic) bond motifs is 6. The van der Waals surface area contributed by atoms with E-state index < -0.39 is 0 Å². The smallest absolute Gasteiger partial charge is 0.00758 e. The second-order valence-corrected chi connectivity index (χ2v) is 6.49. The average Bonchev–Trinajstić information content (AvgIpc) is 2.92. The van der Waals surface area contributed by atoms with Crippen LogP contribution in [0.3, 0.4) is 0 Å². The van der Waals surface area contributed by atoms with Crippen LogP contribution in [0.4, 0.5) is 0 Å². The van der Waals surface area contributed by atoms with Crippen molar-refractivity contribution >= 4 is 0 Å². The molecule has 2 bridgehead atoms. The Bertz CT molecular complexity index is 351. The van der Waals surface area contributed by atoms with Crippen LogP contribution in [0.25, 0.3) is 0 Å². The highest BCUT2D eigenvalue weighted by Gasteiger charge is 2.56. The molecule has 15 heavy (non-hydrogen) atoms. The highest BCUT2D eigenvalue weighted by Crippen LogP contribution is 2.64. The van der Waals surface area contributed by atoms with Crippen LogP contribution in [-0.2, 0) is 0 Å². The van der Waals surface area contributed by atoms with E-state index in [0.29, 0.717) is 5.41 Å². The summed E-state index contributed by atoms with van der Waals surface area (Å²) in [6.07, 6.45) is 16.1. The van der Waals surface area contributed by atoms with E-state index in [1.54, 1.807) is 0 Å². The predicted molar refractivity (Wildman–Crippen MR) is 62.3 cm³/mol. The van der Waals surface area contributed by atoms with Crippen molar-refractivity contribution in [3.8, 4) is 0 Å². The Labute approximate surface area is 92.4 Å². The third-order valence-electron chi connectivity index (χ3n) is 5.67. The molecule has 4 aliphatic rings. The molecule has 2 fully saturated rings. The first kappa shape index (κ1) is 8.61. The zero-order valence-electron chi connectivity index (χ0n) is 9.52. The minimum absolute atomic E-state index is 0.633. The lowest BCUT2D eigenvalue weighted by molar-refractivity contribution is 0.184. The Hall–Kier alpha value is -0.520. The summed E-state index contributed by atoms with van der Waals surface area (Å²) in [5.41, 5.74) is 0.633. The molecule has 2 saturated carbocycles. The van der Waals surface area contributed by atoms with Crippen LogP contribution in [0.1, 0.15) is 32.6 Å². The second-order valence-electron chi connectivity index (χ2n) is 6.49. The number of rotatable bonds is 0. The molecule has 0 amide bonds. The molecule has 1 spiro atoms. The minimum Gasteiger partial charge on any atom is -0.0848 e. The summed E-state index contributed by atoms with van der Waals surface area (Å²) < 4.78 is 0. The van der Waals surface area contributed by atoms with E-state index in [-0.39, 0.29) is 0 Å². The highest BCUT2D eigenvalue weighted by atomic mass is 14.6. The van der Waals surface area contributed by atoms with Crippen LogP contribution in [0, 0.1) is 35.0 Å². The molecule has 6 unspecified atom stereocenters. The van der Waals surface area contributed by atoms with Gasteiger partial charge in [-0.25, -0.2) is 0 Å². The molecular formula is C15H20. The quantitative estimate of drug-likeness (QED) is 0.522. The van der Waals surface area contributed by atoms with Crippen LogP contribution in [0.15, 0.2) is 24.3 Å². The fourth-order valence-electron chi connectivity index (χ4n) is 5.17. The van der Waals surface area contributed by atoms with Crippen molar-refractivity contribution in [1.29, 1.82) is 0 Å². The molecule has 0 N–H and O–H groups in total. The van der Waals surface area contributed by atoms with E-state index in [1.807, 2.05) is 0 Å². The lowest BCUT2D eigenvalue weighted by atomic mass is 9.68. The van der Waals surface area contributed by atoms with Crippen LogP contribution in [-0.4, -0.2) is 0 Å². The molecular weight excluding hydrogens is 180 g/mol. The zero-order chi connectivity index (χ0) is 10.0. The van der Waals surface area contributed by atoms with E-state index >= 15 is 0 Å². The largest absolute Gasteiger partial charge is 0.0848 e. The third kappa shape index (κ3) is 0.940. The molecule has 6 atom stereocenters. The maximum atomic E-state index is 2.62. The standard InChI is InChI=1S/C15H20/c1-10-4-6-15(9-10)7-5-13-11-2-3-12(8-11)14(13)15/h2-3,5,7,10-14H,4,6,8-9H2,1H3. The van der Waals surface area contributed by atoms with Crippen LogP contribution in [0.2, 0.25) is 0 Å². The molecule has 0 aromatic heterocycles. The summed E-state index contributed by atoms with van der Waals surface area (Å²) in [6, 6.07) is 0. The van der Waals surface area contributed by atoms with Gasteiger partial charge in [-0.2, -0.15) is 0 Å². The van der Waals surface area contributed by atoms with E-state index in [1.165, 1.54) is 25.7 Å². The lowest BCUT2D eigenvalue weighted by Gasteiger charge is -2.35. The van der Waals surface area contributed by atoms with Crippen LogP contribution >= 0.6 is 0 Å². The van der Waals surface area contributed by atoms with Gasteiger partial charge < -0.3 is 0 Å². The molecule has 0 aromatic rings. The maximum Gasteiger partial charge on any atom is -0.00758 e. The fourth-order valence-corrected chi connectivity index (χ4v) is 5.17. The van der Waals surface area contributed by atoms with Crippen molar-refractivity contribution in [2.45, 2.75) is 32.6 Å². The summed E-state index contributed by atoms with van der Waals surface area (Å²) in [4.78, 5) is 0. The first-order valence-electron chi connectivity index (χ1n) is 6.66. The van der Waals surface area contributed by atoms with Gasteiger partial charge in [-0.15, -0.1) is 0 Å². The molecule has 4 aliphatic carbocycles. The molecule has 0 saturated heterocycles. The Balaban J connectivity index is 1.74. The molecule has 0 radical (unpaired) electrons. The molecule has 0 heteroatoms. The van der Waals surface area contributed by atoms with Crippen molar-refractivity contribution in [2.75, 3.05) is 0 Å². The summed E-state index contributed by atoms with van der Waals surface area (Å²) >= 11 is 0. The summed E-state index contributed by atoms with van der Waals surface area (Å²) in [6.45, 7) is 2.44. The monoisotopic (exact) mass is 200 g/mol. The predicted octanol–water partition coefficient (Wildman–Crippen LogP) is 3.80. The van der Waals surface area contributed by atoms with E-state index in [0.717, 1.165) is 29.6 Å². The first-order chi connectivity index (χ1) is 7.28. The van der Waals surface area contributed by atoms with Gasteiger partial charge in [-0.1, -0.05) is 31.2 Å². The molecule has 0 aliphatic heterocycles. The molecule has 0 nitrogen and oxygen atoms in total. The number of hydrogen-bond acceptors (Lipinski definition) is 0. The summed E-state index contributed by atoms with van der Waals surface area (Å²) in [5.74, 6) is 4.73. The van der Waals surface area contributed by atoms with E-state index in [2.05, 4.69) is 31.2 Å². The van der Waals surface area contributed by atoms with Gasteiger partial charge in [0.25, 0.3) is 0 Å². The van der Waals surface area contributed by atoms with Gasteiger partial charge >= 0.3 is 0 Å². The van der Waals surface area contributed by atoms with Crippen molar-refractivity contribution in [2.24, 2.45) is 35.0 Å². The van der Waals surface area contributed by atoms with Gasteiger partial charge in [0.2, 0.25) is 0 Å². The third-order valence-corrected chi connectivity index (χ3v) is 5.67. The fraction of sp³-hybridized carbons (Fsp3) is 0.733.